The number of nitrogens with zero attached hydrogens (tertiary/aromatic N) is 4. The van der Waals surface area contributed by atoms with Gasteiger partial charge in [-0.3, -0.25) is 4.79 Å². The number of aliphatic imine (C=N–C) groups is 2. The van der Waals surface area contributed by atoms with Crippen LogP contribution < -0.4 is 11.1 Å². The number of fused-ring (bicyclic) bond motifs is 2. The van der Waals surface area contributed by atoms with Crippen LogP contribution in [-0.2, 0) is 20.4 Å². The van der Waals surface area contributed by atoms with Gasteiger partial charge in [0.1, 0.15) is 5.84 Å². The van der Waals surface area contributed by atoms with Gasteiger partial charge < -0.3 is 30.3 Å². The summed E-state index contributed by atoms with van der Waals surface area (Å²) >= 11 is 0. The van der Waals surface area contributed by atoms with Crippen molar-refractivity contribution in [3.8, 4) is 0 Å². The normalized spacial score (nSPS) is 22.1. The van der Waals surface area contributed by atoms with E-state index in [0.717, 1.165) is 23.4 Å². The average molecular weight is 507 g/mol. The number of alkyl halides is 3. The van der Waals surface area contributed by atoms with Gasteiger partial charge in [0, 0.05) is 56.7 Å². The number of guanidine groups is 1. The van der Waals surface area contributed by atoms with Crippen molar-refractivity contribution in [1.29, 1.82) is 0 Å². The topological polar surface area (TPSA) is 105 Å². The third kappa shape index (κ3) is 4.32. The van der Waals surface area contributed by atoms with Crippen LogP contribution in [-0.4, -0.2) is 79.6 Å². The fraction of sp³-hybridized carbons (Fsp3) is 0.542. The summed E-state index contributed by atoms with van der Waals surface area (Å²) < 4.78 is 51.2. The van der Waals surface area contributed by atoms with E-state index in [2.05, 4.69) is 15.3 Å². The van der Waals surface area contributed by atoms with E-state index in [9.17, 15) is 18.0 Å². The maximum Gasteiger partial charge on any atom is 0.416 e. The van der Waals surface area contributed by atoms with Gasteiger partial charge in [-0.05, 0) is 30.7 Å². The van der Waals surface area contributed by atoms with Crippen molar-refractivity contribution in [1.82, 2.24) is 15.1 Å². The first-order chi connectivity index (χ1) is 17.1. The maximum absolute atomic E-state index is 13.6. The molecule has 3 N–H and O–H groups in total. The van der Waals surface area contributed by atoms with Gasteiger partial charge in [-0.1, -0.05) is 0 Å². The fourth-order valence-electron chi connectivity index (χ4n) is 5.16. The first-order valence-electron chi connectivity index (χ1n) is 11.9. The summed E-state index contributed by atoms with van der Waals surface area (Å²) in [5.41, 5.74) is 6.21. The molecule has 36 heavy (non-hydrogen) atoms. The van der Waals surface area contributed by atoms with E-state index in [1.165, 1.54) is 6.07 Å². The zero-order valence-corrected chi connectivity index (χ0v) is 20.2. The number of benzene rings is 1. The van der Waals surface area contributed by atoms with Gasteiger partial charge >= 0.3 is 6.18 Å². The highest BCUT2D eigenvalue weighted by molar-refractivity contribution is 6.10. The Labute approximate surface area is 206 Å². The second-order valence-corrected chi connectivity index (χ2v) is 9.44. The monoisotopic (exact) mass is 506 g/mol. The molecule has 1 atom stereocenters. The largest absolute Gasteiger partial charge is 0.416 e. The molecule has 12 heteroatoms. The van der Waals surface area contributed by atoms with Crippen molar-refractivity contribution in [2.24, 2.45) is 9.98 Å². The van der Waals surface area contributed by atoms with Crippen LogP contribution in [0.2, 0.25) is 0 Å². The molecule has 1 unspecified atom stereocenters. The number of nitrogens with one attached hydrogen (secondary N) is 1. The molecule has 1 aromatic rings. The Bertz CT molecular complexity index is 1160. The molecule has 1 saturated heterocycles. The molecule has 0 radical (unpaired) electrons. The summed E-state index contributed by atoms with van der Waals surface area (Å²) in [6, 6.07) is 3.00. The Morgan fingerprint density at radius 3 is 2.69 bits per heavy atom. The molecule has 194 valence electrons. The molecule has 0 spiro atoms. The molecule has 5 rings (SSSR count). The van der Waals surface area contributed by atoms with Crippen LogP contribution in [0.25, 0.3) is 0 Å². The molecule has 4 heterocycles. The summed E-state index contributed by atoms with van der Waals surface area (Å²) in [5.74, 6) is 0.936. The Balaban J connectivity index is 1.40. The number of ether oxygens (including phenoxy) is 2. The van der Waals surface area contributed by atoms with E-state index in [1.807, 2.05) is 4.90 Å². The molecule has 9 nitrogen and oxygen atoms in total. The van der Waals surface area contributed by atoms with Gasteiger partial charge in [0.15, 0.2) is 5.60 Å². The SMILES string of the molecule is COC1(C(=O)N2CC3=C(C2)N2CCN=C2N=C3NC(C)c2cc(N)cc(C(F)(F)F)c2)CCOCC1. The van der Waals surface area contributed by atoms with E-state index in [-0.39, 0.29) is 11.6 Å². The molecule has 4 aliphatic rings. The summed E-state index contributed by atoms with van der Waals surface area (Å²) in [4.78, 5) is 26.5. The molecule has 0 aliphatic carbocycles. The zero-order valence-electron chi connectivity index (χ0n) is 20.2. The fourth-order valence-corrected chi connectivity index (χ4v) is 5.16. The molecule has 1 fully saturated rings. The van der Waals surface area contributed by atoms with Crippen molar-refractivity contribution in [2.75, 3.05) is 52.2 Å². The second-order valence-electron chi connectivity index (χ2n) is 9.44. The Hall–Kier alpha value is -3.12. The van der Waals surface area contributed by atoms with Crippen molar-refractivity contribution < 1.29 is 27.4 Å². The van der Waals surface area contributed by atoms with Gasteiger partial charge in [0.25, 0.3) is 5.91 Å². The Morgan fingerprint density at radius 1 is 1.25 bits per heavy atom. The third-order valence-electron chi connectivity index (χ3n) is 7.21. The standard InChI is InChI=1S/C24H29F3N6O3/c1-14(15-9-16(24(25,26)27)11-17(28)10-15)30-20-18-12-32(13-19(18)33-6-5-29-22(33)31-20)21(34)23(35-2)3-7-36-8-4-23/h9-11,14H,3-8,12-13,28H2,1-2H3,(H,29,30,31). The van der Waals surface area contributed by atoms with E-state index < -0.39 is 23.4 Å². The minimum absolute atomic E-state index is 0.0317. The zero-order chi connectivity index (χ0) is 25.7. The summed E-state index contributed by atoms with van der Waals surface area (Å²) in [5, 5.41) is 3.26. The highest BCUT2D eigenvalue weighted by Gasteiger charge is 2.47. The van der Waals surface area contributed by atoms with E-state index in [1.54, 1.807) is 18.9 Å². The summed E-state index contributed by atoms with van der Waals surface area (Å²) in [6.07, 6.45) is -3.55. The van der Waals surface area contributed by atoms with Crippen molar-refractivity contribution >= 4 is 23.4 Å². The molecule has 0 saturated carbocycles. The predicted molar refractivity (Wildman–Crippen MR) is 127 cm³/mol. The number of halogens is 3. The molecule has 1 aromatic carbocycles. The quantitative estimate of drug-likeness (QED) is 0.608. The molecule has 1 amide bonds. The van der Waals surface area contributed by atoms with Gasteiger partial charge in [-0.25, -0.2) is 4.99 Å². The van der Waals surface area contributed by atoms with Crippen molar-refractivity contribution in [2.45, 2.75) is 37.6 Å². The third-order valence-corrected chi connectivity index (χ3v) is 7.21. The Morgan fingerprint density at radius 2 is 2.00 bits per heavy atom. The van der Waals surface area contributed by atoms with Gasteiger partial charge in [-0.2, -0.15) is 18.2 Å². The van der Waals surface area contributed by atoms with Crippen LogP contribution in [0.3, 0.4) is 0 Å². The first kappa shape index (κ1) is 24.6. The Kier molecular flexibility index (Phi) is 6.19. The van der Waals surface area contributed by atoms with E-state index in [0.29, 0.717) is 69.6 Å². The number of hydrogen-bond acceptors (Lipinski definition) is 8. The lowest BCUT2D eigenvalue weighted by molar-refractivity contribution is -0.165. The predicted octanol–water partition coefficient (Wildman–Crippen LogP) is 2.31. The number of carbonyl (C=O) groups is 1. The van der Waals surface area contributed by atoms with Crippen LogP contribution in [0.1, 0.15) is 36.9 Å². The van der Waals surface area contributed by atoms with Crippen LogP contribution in [0.4, 0.5) is 18.9 Å². The molecular formula is C24H29F3N6O3. The average Bonchev–Trinajstić information content (AvgIpc) is 3.50. The highest BCUT2D eigenvalue weighted by atomic mass is 19.4. The molecule has 0 aromatic heterocycles. The van der Waals surface area contributed by atoms with E-state index in [4.69, 9.17) is 15.2 Å². The van der Waals surface area contributed by atoms with Crippen molar-refractivity contribution in [3.05, 3.63) is 40.6 Å². The number of methoxy groups -OCH3 is 1. The van der Waals surface area contributed by atoms with Crippen molar-refractivity contribution in [3.63, 3.8) is 0 Å². The highest BCUT2D eigenvalue weighted by Crippen LogP contribution is 2.35. The molecule has 4 aliphatic heterocycles. The van der Waals surface area contributed by atoms with Crippen LogP contribution in [0.15, 0.2) is 39.5 Å². The minimum Gasteiger partial charge on any atom is -0.399 e. The van der Waals surface area contributed by atoms with E-state index >= 15 is 0 Å². The lowest BCUT2D eigenvalue weighted by Crippen LogP contribution is -2.53. The number of nitrogens with two attached hydrogens (primary N) is 1. The van der Waals surface area contributed by atoms with Gasteiger partial charge in [0.05, 0.1) is 31.2 Å². The molecular weight excluding hydrogens is 477 g/mol. The van der Waals surface area contributed by atoms with Gasteiger partial charge in [-0.15, -0.1) is 0 Å². The lowest BCUT2D eigenvalue weighted by atomic mass is 9.92. The number of rotatable bonds is 4. The number of carbonyl (C=O) groups excluding carboxylic acids is 1. The smallest absolute Gasteiger partial charge is 0.399 e. The van der Waals surface area contributed by atoms with Crippen LogP contribution in [0, 0.1) is 0 Å². The number of amidine groups is 1. The first-order valence-corrected chi connectivity index (χ1v) is 11.9. The number of amides is 1. The maximum atomic E-state index is 13.6. The number of hydrogen-bond donors (Lipinski definition) is 2. The van der Waals surface area contributed by atoms with Crippen LogP contribution >= 0.6 is 0 Å². The second kappa shape index (κ2) is 9.07. The number of nitrogen functional groups attached to an aromatic ring is 1. The molecule has 0 bridgehead atoms. The lowest BCUT2D eigenvalue weighted by Gasteiger charge is -2.37. The summed E-state index contributed by atoms with van der Waals surface area (Å²) in [7, 11) is 1.55. The summed E-state index contributed by atoms with van der Waals surface area (Å²) in [6.45, 7) is 4.59. The minimum atomic E-state index is -4.51. The van der Waals surface area contributed by atoms with Gasteiger partial charge in [0.2, 0.25) is 5.96 Å². The van der Waals surface area contributed by atoms with Crippen LogP contribution in [0.5, 0.6) is 0 Å². The number of anilines is 1.